The predicted molar refractivity (Wildman–Crippen MR) is 55.1 cm³/mol. The molecule has 0 unspecified atom stereocenters. The van der Waals surface area contributed by atoms with Crippen molar-refractivity contribution in [1.29, 1.82) is 0 Å². The molecule has 80 valence electrons. The van der Waals surface area contributed by atoms with Gasteiger partial charge >= 0.3 is 0 Å². The van der Waals surface area contributed by atoms with Crippen LogP contribution in [0.4, 0.5) is 0 Å². The fourth-order valence-corrected chi connectivity index (χ4v) is 1.91. The molecule has 2 saturated heterocycles. The van der Waals surface area contributed by atoms with Gasteiger partial charge in [-0.2, -0.15) is 0 Å². The average molecular weight is 197 g/mol. The first kappa shape index (κ1) is 9.93. The van der Waals surface area contributed by atoms with Gasteiger partial charge in [0, 0.05) is 52.2 Å². The Hall–Kier alpha value is -0.610. The number of nitrogens with zero attached hydrogens (tertiary/aromatic N) is 2. The molecule has 1 N–H and O–H groups in total. The van der Waals surface area contributed by atoms with Crippen LogP contribution in [0.15, 0.2) is 0 Å². The van der Waals surface area contributed by atoms with Gasteiger partial charge in [-0.15, -0.1) is 0 Å². The summed E-state index contributed by atoms with van der Waals surface area (Å²) in [7, 11) is 0. The molecule has 0 saturated carbocycles. The monoisotopic (exact) mass is 197 g/mol. The molecule has 0 spiro atoms. The largest absolute Gasteiger partial charge is 0.343 e. The molecule has 2 aliphatic rings. The number of rotatable bonds is 3. The average Bonchev–Trinajstić information content (AvgIpc) is 2.14. The highest BCUT2D eigenvalue weighted by Gasteiger charge is 2.20. The van der Waals surface area contributed by atoms with Crippen LogP contribution in [0.25, 0.3) is 0 Å². The van der Waals surface area contributed by atoms with E-state index in [1.807, 2.05) is 4.90 Å². The molecule has 0 bridgehead atoms. The van der Waals surface area contributed by atoms with E-state index in [0.717, 1.165) is 45.8 Å². The Kier molecular flexibility index (Phi) is 3.37. The first-order valence-corrected chi connectivity index (χ1v) is 5.57. The number of amides is 1. The van der Waals surface area contributed by atoms with E-state index < -0.39 is 0 Å². The van der Waals surface area contributed by atoms with Crippen molar-refractivity contribution in [2.45, 2.75) is 12.8 Å². The summed E-state index contributed by atoms with van der Waals surface area (Å²) in [4.78, 5) is 15.9. The van der Waals surface area contributed by atoms with Crippen LogP contribution in [-0.4, -0.2) is 61.5 Å². The zero-order chi connectivity index (χ0) is 9.80. The fourth-order valence-electron chi connectivity index (χ4n) is 1.91. The van der Waals surface area contributed by atoms with Gasteiger partial charge in [0.05, 0.1) is 0 Å². The van der Waals surface area contributed by atoms with Crippen molar-refractivity contribution in [2.75, 3.05) is 45.8 Å². The number of carbonyl (C=O) groups excluding carboxylic acids is 1. The van der Waals surface area contributed by atoms with E-state index in [2.05, 4.69) is 10.2 Å². The SMILES string of the molecule is O=C(CCN1CCNCC1)N1CCC1. The van der Waals surface area contributed by atoms with Crippen molar-refractivity contribution < 1.29 is 4.79 Å². The van der Waals surface area contributed by atoms with E-state index in [1.165, 1.54) is 6.42 Å². The highest BCUT2D eigenvalue weighted by atomic mass is 16.2. The second-order valence-corrected chi connectivity index (χ2v) is 4.08. The Morgan fingerprint density at radius 1 is 1.14 bits per heavy atom. The van der Waals surface area contributed by atoms with Gasteiger partial charge in [0.2, 0.25) is 5.91 Å². The highest BCUT2D eigenvalue weighted by molar-refractivity contribution is 5.77. The van der Waals surface area contributed by atoms with E-state index in [0.29, 0.717) is 12.3 Å². The van der Waals surface area contributed by atoms with E-state index in [4.69, 9.17) is 0 Å². The molecule has 1 amide bonds. The lowest BCUT2D eigenvalue weighted by molar-refractivity contribution is -0.134. The third-order valence-corrected chi connectivity index (χ3v) is 3.06. The number of carbonyl (C=O) groups is 1. The Bertz CT molecular complexity index is 198. The van der Waals surface area contributed by atoms with Gasteiger partial charge < -0.3 is 15.1 Å². The van der Waals surface area contributed by atoms with Crippen LogP contribution in [0.1, 0.15) is 12.8 Å². The van der Waals surface area contributed by atoms with Gasteiger partial charge in [0.1, 0.15) is 0 Å². The van der Waals surface area contributed by atoms with Crippen LogP contribution >= 0.6 is 0 Å². The third-order valence-electron chi connectivity index (χ3n) is 3.06. The van der Waals surface area contributed by atoms with Crippen LogP contribution in [0.3, 0.4) is 0 Å². The summed E-state index contributed by atoms with van der Waals surface area (Å²) in [6.07, 6.45) is 1.90. The van der Waals surface area contributed by atoms with Gasteiger partial charge in [0.25, 0.3) is 0 Å². The van der Waals surface area contributed by atoms with E-state index in [1.54, 1.807) is 0 Å². The van der Waals surface area contributed by atoms with E-state index in [-0.39, 0.29) is 0 Å². The number of piperazine rings is 1. The van der Waals surface area contributed by atoms with Gasteiger partial charge in [0.15, 0.2) is 0 Å². The lowest BCUT2D eigenvalue weighted by atomic mass is 10.2. The fraction of sp³-hybridized carbons (Fsp3) is 0.900. The second-order valence-electron chi connectivity index (χ2n) is 4.08. The lowest BCUT2D eigenvalue weighted by Crippen LogP contribution is -2.46. The van der Waals surface area contributed by atoms with Gasteiger partial charge in [-0.25, -0.2) is 0 Å². The molecule has 2 heterocycles. The molecular formula is C10H19N3O. The smallest absolute Gasteiger partial charge is 0.223 e. The van der Waals surface area contributed by atoms with Crippen molar-refractivity contribution in [3.63, 3.8) is 0 Å². The minimum absolute atomic E-state index is 0.342. The zero-order valence-electron chi connectivity index (χ0n) is 8.67. The van der Waals surface area contributed by atoms with Crippen LogP contribution in [0.2, 0.25) is 0 Å². The van der Waals surface area contributed by atoms with Crippen molar-refractivity contribution in [1.82, 2.24) is 15.1 Å². The first-order valence-electron chi connectivity index (χ1n) is 5.57. The zero-order valence-corrected chi connectivity index (χ0v) is 8.67. The normalized spacial score (nSPS) is 23.3. The molecule has 0 atom stereocenters. The summed E-state index contributed by atoms with van der Waals surface area (Å²) >= 11 is 0. The maximum Gasteiger partial charge on any atom is 0.223 e. The Labute approximate surface area is 85.2 Å². The van der Waals surface area contributed by atoms with E-state index >= 15 is 0 Å². The minimum atomic E-state index is 0.342. The molecule has 0 radical (unpaired) electrons. The highest BCUT2D eigenvalue weighted by Crippen LogP contribution is 2.08. The number of hydrogen-bond acceptors (Lipinski definition) is 3. The molecule has 2 fully saturated rings. The summed E-state index contributed by atoms with van der Waals surface area (Å²) < 4.78 is 0. The molecular weight excluding hydrogens is 178 g/mol. The molecule has 0 aromatic carbocycles. The summed E-state index contributed by atoms with van der Waals surface area (Å²) in [6.45, 7) is 7.23. The van der Waals surface area contributed by atoms with Crippen molar-refractivity contribution in [3.8, 4) is 0 Å². The molecule has 4 heteroatoms. The van der Waals surface area contributed by atoms with Crippen LogP contribution in [-0.2, 0) is 4.79 Å². The van der Waals surface area contributed by atoms with Crippen LogP contribution in [0.5, 0.6) is 0 Å². The Morgan fingerprint density at radius 2 is 1.86 bits per heavy atom. The van der Waals surface area contributed by atoms with Crippen molar-refractivity contribution in [2.24, 2.45) is 0 Å². The van der Waals surface area contributed by atoms with Gasteiger partial charge in [-0.1, -0.05) is 0 Å². The van der Waals surface area contributed by atoms with Crippen LogP contribution in [0, 0.1) is 0 Å². The molecule has 2 aliphatic heterocycles. The third kappa shape index (κ3) is 2.45. The van der Waals surface area contributed by atoms with Crippen molar-refractivity contribution in [3.05, 3.63) is 0 Å². The maximum atomic E-state index is 11.6. The van der Waals surface area contributed by atoms with E-state index in [9.17, 15) is 4.79 Å². The Morgan fingerprint density at radius 3 is 2.43 bits per heavy atom. The Balaban J connectivity index is 1.62. The summed E-state index contributed by atoms with van der Waals surface area (Å²) in [6, 6.07) is 0. The molecule has 2 rings (SSSR count). The molecule has 14 heavy (non-hydrogen) atoms. The number of likely N-dealkylation sites (tertiary alicyclic amines) is 1. The minimum Gasteiger partial charge on any atom is -0.343 e. The topological polar surface area (TPSA) is 35.6 Å². The van der Waals surface area contributed by atoms with Gasteiger partial charge in [-0.05, 0) is 6.42 Å². The van der Waals surface area contributed by atoms with Crippen LogP contribution < -0.4 is 5.32 Å². The van der Waals surface area contributed by atoms with Gasteiger partial charge in [-0.3, -0.25) is 4.79 Å². The lowest BCUT2D eigenvalue weighted by Gasteiger charge is -2.32. The van der Waals surface area contributed by atoms with Crippen molar-refractivity contribution >= 4 is 5.91 Å². The standard InChI is InChI=1S/C10H19N3O/c14-10(13-5-1-6-13)2-7-12-8-3-11-4-9-12/h11H,1-9H2. The summed E-state index contributed by atoms with van der Waals surface area (Å²) in [5, 5.41) is 3.31. The quantitative estimate of drug-likeness (QED) is 0.663. The first-order chi connectivity index (χ1) is 6.86. The number of hydrogen-bond donors (Lipinski definition) is 1. The predicted octanol–water partition coefficient (Wildman–Crippen LogP) is -0.486. The second kappa shape index (κ2) is 4.75. The maximum absolute atomic E-state index is 11.6. The molecule has 0 aliphatic carbocycles. The molecule has 4 nitrogen and oxygen atoms in total. The number of nitrogens with one attached hydrogen (secondary N) is 1. The molecule has 0 aromatic heterocycles. The molecule has 0 aromatic rings. The summed E-state index contributed by atoms with van der Waals surface area (Å²) in [5.74, 6) is 0.342. The summed E-state index contributed by atoms with van der Waals surface area (Å²) in [5.41, 5.74) is 0.